The van der Waals surface area contributed by atoms with E-state index in [0.29, 0.717) is 11.7 Å². The highest BCUT2D eigenvalue weighted by atomic mass is 16.5. The predicted octanol–water partition coefficient (Wildman–Crippen LogP) is 3.83. The van der Waals surface area contributed by atoms with E-state index < -0.39 is 0 Å². The van der Waals surface area contributed by atoms with Crippen LogP contribution in [0.3, 0.4) is 0 Å². The number of aromatic nitrogens is 3. The fraction of sp³-hybridized carbons (Fsp3) is 0.167. The molecule has 110 valence electrons. The topological polar surface area (TPSA) is 47.9 Å². The standard InChI is InChI=1S/C18H17N3O/c1-12-4-7-14(8-5-12)15-9-6-13(2)17(20-15)18-19-11-10-16(21-18)22-3/h4-11H,1-3H3. The summed E-state index contributed by atoms with van der Waals surface area (Å²) >= 11 is 0. The third-order valence-corrected chi connectivity index (χ3v) is 3.50. The number of nitrogens with zero attached hydrogens (tertiary/aromatic N) is 3. The van der Waals surface area contributed by atoms with E-state index in [9.17, 15) is 0 Å². The second-order valence-corrected chi connectivity index (χ2v) is 5.15. The Hall–Kier alpha value is -2.75. The van der Waals surface area contributed by atoms with Gasteiger partial charge in [-0.1, -0.05) is 35.9 Å². The molecule has 22 heavy (non-hydrogen) atoms. The van der Waals surface area contributed by atoms with E-state index in [0.717, 1.165) is 22.5 Å². The summed E-state index contributed by atoms with van der Waals surface area (Å²) in [5.74, 6) is 1.11. The van der Waals surface area contributed by atoms with Crippen LogP contribution in [0.25, 0.3) is 22.8 Å². The number of pyridine rings is 1. The van der Waals surface area contributed by atoms with Crippen molar-refractivity contribution in [2.24, 2.45) is 0 Å². The molecule has 0 unspecified atom stereocenters. The largest absolute Gasteiger partial charge is 0.481 e. The molecule has 0 spiro atoms. The summed E-state index contributed by atoms with van der Waals surface area (Å²) in [6, 6.07) is 14.1. The van der Waals surface area contributed by atoms with Gasteiger partial charge in [0.05, 0.1) is 12.8 Å². The molecular formula is C18H17N3O. The summed E-state index contributed by atoms with van der Waals surface area (Å²) in [7, 11) is 1.59. The molecule has 0 atom stereocenters. The van der Waals surface area contributed by atoms with Crippen LogP contribution >= 0.6 is 0 Å². The van der Waals surface area contributed by atoms with Gasteiger partial charge in [-0.05, 0) is 25.5 Å². The van der Waals surface area contributed by atoms with Crippen LogP contribution in [-0.4, -0.2) is 22.1 Å². The highest BCUT2D eigenvalue weighted by Gasteiger charge is 2.10. The molecule has 0 amide bonds. The van der Waals surface area contributed by atoms with Gasteiger partial charge in [-0.3, -0.25) is 0 Å². The maximum absolute atomic E-state index is 5.17. The minimum absolute atomic E-state index is 0.534. The first-order valence-corrected chi connectivity index (χ1v) is 7.09. The number of hydrogen-bond donors (Lipinski definition) is 0. The van der Waals surface area contributed by atoms with Crippen LogP contribution in [0.1, 0.15) is 11.1 Å². The van der Waals surface area contributed by atoms with Gasteiger partial charge in [-0.15, -0.1) is 0 Å². The van der Waals surface area contributed by atoms with E-state index in [1.807, 2.05) is 19.1 Å². The van der Waals surface area contributed by atoms with Gasteiger partial charge in [-0.25, -0.2) is 9.97 Å². The molecule has 1 aromatic carbocycles. The van der Waals surface area contributed by atoms with E-state index in [1.54, 1.807) is 19.4 Å². The van der Waals surface area contributed by atoms with Gasteiger partial charge in [0, 0.05) is 17.8 Å². The van der Waals surface area contributed by atoms with Gasteiger partial charge >= 0.3 is 0 Å². The van der Waals surface area contributed by atoms with Crippen molar-refractivity contribution in [1.82, 2.24) is 15.0 Å². The second kappa shape index (κ2) is 5.93. The van der Waals surface area contributed by atoms with Crippen molar-refractivity contribution in [2.75, 3.05) is 7.11 Å². The molecule has 0 saturated heterocycles. The van der Waals surface area contributed by atoms with Crippen molar-refractivity contribution in [3.05, 3.63) is 59.8 Å². The molecule has 3 rings (SSSR count). The Morgan fingerprint density at radius 2 is 1.64 bits per heavy atom. The molecule has 0 aliphatic rings. The van der Waals surface area contributed by atoms with E-state index in [1.165, 1.54) is 5.56 Å². The maximum Gasteiger partial charge on any atom is 0.216 e. The van der Waals surface area contributed by atoms with Gasteiger partial charge in [-0.2, -0.15) is 4.98 Å². The first kappa shape index (κ1) is 14.2. The lowest BCUT2D eigenvalue weighted by Crippen LogP contribution is -1.98. The molecule has 0 radical (unpaired) electrons. The van der Waals surface area contributed by atoms with Crippen molar-refractivity contribution >= 4 is 0 Å². The maximum atomic E-state index is 5.17. The highest BCUT2D eigenvalue weighted by Crippen LogP contribution is 2.24. The quantitative estimate of drug-likeness (QED) is 0.736. The van der Waals surface area contributed by atoms with Crippen molar-refractivity contribution in [2.45, 2.75) is 13.8 Å². The van der Waals surface area contributed by atoms with E-state index in [4.69, 9.17) is 9.72 Å². The minimum atomic E-state index is 0.534. The van der Waals surface area contributed by atoms with Crippen LogP contribution in [0.15, 0.2) is 48.7 Å². The molecule has 0 aliphatic carbocycles. The Labute approximate surface area is 129 Å². The van der Waals surface area contributed by atoms with Crippen LogP contribution in [0, 0.1) is 13.8 Å². The number of hydrogen-bond acceptors (Lipinski definition) is 4. The van der Waals surface area contributed by atoms with Crippen molar-refractivity contribution < 1.29 is 4.74 Å². The number of rotatable bonds is 3. The van der Waals surface area contributed by atoms with E-state index in [-0.39, 0.29) is 0 Å². The van der Waals surface area contributed by atoms with Crippen LogP contribution in [-0.2, 0) is 0 Å². The van der Waals surface area contributed by atoms with Gasteiger partial charge in [0.2, 0.25) is 5.88 Å². The van der Waals surface area contributed by atoms with Gasteiger partial charge in [0.25, 0.3) is 0 Å². The molecule has 0 fully saturated rings. The molecule has 0 saturated carbocycles. The minimum Gasteiger partial charge on any atom is -0.481 e. The molecule has 4 heteroatoms. The number of ether oxygens (including phenoxy) is 1. The van der Waals surface area contributed by atoms with Crippen molar-refractivity contribution in [3.63, 3.8) is 0 Å². The number of benzene rings is 1. The third-order valence-electron chi connectivity index (χ3n) is 3.50. The molecule has 0 N–H and O–H groups in total. The first-order chi connectivity index (χ1) is 10.7. The summed E-state index contributed by atoms with van der Waals surface area (Å²) in [6.45, 7) is 4.08. The molecule has 2 aromatic heterocycles. The van der Waals surface area contributed by atoms with Crippen LogP contribution in [0.2, 0.25) is 0 Å². The van der Waals surface area contributed by atoms with Crippen LogP contribution in [0.5, 0.6) is 5.88 Å². The first-order valence-electron chi connectivity index (χ1n) is 7.09. The van der Waals surface area contributed by atoms with Gasteiger partial charge in [0.15, 0.2) is 5.82 Å². The summed E-state index contributed by atoms with van der Waals surface area (Å²) in [5.41, 5.74) is 5.02. The molecular weight excluding hydrogens is 274 g/mol. The Kier molecular flexibility index (Phi) is 3.83. The van der Waals surface area contributed by atoms with Gasteiger partial charge < -0.3 is 4.74 Å². The second-order valence-electron chi connectivity index (χ2n) is 5.15. The van der Waals surface area contributed by atoms with Crippen molar-refractivity contribution in [3.8, 4) is 28.7 Å². The summed E-state index contributed by atoms with van der Waals surface area (Å²) in [4.78, 5) is 13.4. The Morgan fingerprint density at radius 1 is 0.864 bits per heavy atom. The van der Waals surface area contributed by atoms with E-state index >= 15 is 0 Å². The lowest BCUT2D eigenvalue weighted by Gasteiger charge is -2.08. The lowest BCUT2D eigenvalue weighted by atomic mass is 10.1. The Morgan fingerprint density at radius 3 is 2.36 bits per heavy atom. The summed E-state index contributed by atoms with van der Waals surface area (Å²) in [6.07, 6.45) is 1.68. The SMILES string of the molecule is COc1ccnc(-c2nc(-c3ccc(C)cc3)ccc2C)n1. The smallest absolute Gasteiger partial charge is 0.216 e. The normalized spacial score (nSPS) is 10.5. The van der Waals surface area contributed by atoms with Crippen LogP contribution in [0.4, 0.5) is 0 Å². The molecule has 3 aromatic rings. The van der Waals surface area contributed by atoms with Crippen molar-refractivity contribution in [1.29, 1.82) is 0 Å². The Balaban J connectivity index is 2.08. The monoisotopic (exact) mass is 291 g/mol. The Bertz CT molecular complexity index is 798. The zero-order valence-electron chi connectivity index (χ0n) is 12.9. The van der Waals surface area contributed by atoms with Gasteiger partial charge in [0.1, 0.15) is 5.69 Å². The van der Waals surface area contributed by atoms with Crippen LogP contribution < -0.4 is 4.74 Å². The zero-order valence-corrected chi connectivity index (χ0v) is 12.9. The number of aryl methyl sites for hydroxylation is 2. The molecule has 2 heterocycles. The highest BCUT2D eigenvalue weighted by molar-refractivity contribution is 5.65. The predicted molar refractivity (Wildman–Crippen MR) is 86.7 cm³/mol. The summed E-state index contributed by atoms with van der Waals surface area (Å²) in [5, 5.41) is 0. The third kappa shape index (κ3) is 2.81. The fourth-order valence-corrected chi connectivity index (χ4v) is 2.21. The lowest BCUT2D eigenvalue weighted by molar-refractivity contribution is 0.397. The summed E-state index contributed by atoms with van der Waals surface area (Å²) < 4.78 is 5.17. The molecule has 0 bridgehead atoms. The zero-order chi connectivity index (χ0) is 15.5. The average molecular weight is 291 g/mol. The molecule has 0 aliphatic heterocycles. The number of methoxy groups -OCH3 is 1. The molecule has 4 nitrogen and oxygen atoms in total. The fourth-order valence-electron chi connectivity index (χ4n) is 2.21. The van der Waals surface area contributed by atoms with E-state index in [2.05, 4.69) is 41.2 Å². The average Bonchev–Trinajstić information content (AvgIpc) is 2.56.